The maximum Gasteiger partial charge on any atom is 0.406 e. The van der Waals surface area contributed by atoms with Crippen molar-refractivity contribution in [2.24, 2.45) is 0 Å². The number of amides is 1. The van der Waals surface area contributed by atoms with E-state index in [2.05, 4.69) is 4.98 Å². The molecule has 0 saturated heterocycles. The Labute approximate surface area is 100 Å². The van der Waals surface area contributed by atoms with Crippen molar-refractivity contribution < 1.29 is 18.0 Å². The number of aryl methyl sites for hydroxylation is 1. The number of halogens is 3. The molecule has 1 aromatic heterocycles. The first kappa shape index (κ1) is 12.3. The Morgan fingerprint density at radius 2 is 2.24 bits per heavy atom. The molecule has 0 N–H and O–H groups in total. The first-order chi connectivity index (χ1) is 7.87. The van der Waals surface area contributed by atoms with Crippen molar-refractivity contribution in [1.82, 2.24) is 9.88 Å². The number of nitrogens with zero attached hydrogens (tertiary/aromatic N) is 2. The van der Waals surface area contributed by atoms with E-state index in [1.165, 1.54) is 16.7 Å². The molecule has 94 valence electrons. The number of rotatable bonds is 3. The van der Waals surface area contributed by atoms with Gasteiger partial charge in [-0.3, -0.25) is 4.79 Å². The number of alkyl halides is 3. The standard InChI is InChI=1S/C10H11F3N2OS/c1-6-14-8(4-17-6)9(16)15(7-2-3-7)5-10(11,12)13/h4,7H,2-3,5H2,1H3. The molecule has 0 aliphatic heterocycles. The molecule has 0 bridgehead atoms. The van der Waals surface area contributed by atoms with Gasteiger partial charge in [0.05, 0.1) is 5.01 Å². The highest BCUT2D eigenvalue weighted by Gasteiger charge is 2.41. The molecule has 2 rings (SSSR count). The van der Waals surface area contributed by atoms with Crippen molar-refractivity contribution in [3.05, 3.63) is 16.1 Å². The lowest BCUT2D eigenvalue weighted by Gasteiger charge is -2.22. The van der Waals surface area contributed by atoms with E-state index in [4.69, 9.17) is 0 Å². The summed E-state index contributed by atoms with van der Waals surface area (Å²) in [7, 11) is 0. The number of hydrogen-bond acceptors (Lipinski definition) is 3. The maximum absolute atomic E-state index is 12.4. The van der Waals surface area contributed by atoms with Crippen molar-refractivity contribution in [1.29, 1.82) is 0 Å². The SMILES string of the molecule is Cc1nc(C(=O)N(CC(F)(F)F)C2CC2)cs1. The lowest BCUT2D eigenvalue weighted by atomic mass is 10.3. The first-order valence-electron chi connectivity index (χ1n) is 5.16. The van der Waals surface area contributed by atoms with E-state index in [1.54, 1.807) is 6.92 Å². The highest BCUT2D eigenvalue weighted by molar-refractivity contribution is 7.09. The van der Waals surface area contributed by atoms with Crippen LogP contribution in [0.4, 0.5) is 13.2 Å². The third kappa shape index (κ3) is 3.18. The summed E-state index contributed by atoms with van der Waals surface area (Å²) in [5, 5.41) is 2.18. The van der Waals surface area contributed by atoms with Crippen molar-refractivity contribution in [3.63, 3.8) is 0 Å². The van der Waals surface area contributed by atoms with E-state index < -0.39 is 18.6 Å². The molecule has 0 aromatic carbocycles. The zero-order valence-corrected chi connectivity index (χ0v) is 9.94. The van der Waals surface area contributed by atoms with Crippen LogP contribution in [-0.2, 0) is 0 Å². The normalized spacial score (nSPS) is 16.0. The molecule has 1 heterocycles. The van der Waals surface area contributed by atoms with Gasteiger partial charge in [0.1, 0.15) is 12.2 Å². The van der Waals surface area contributed by atoms with E-state index in [0.717, 1.165) is 4.90 Å². The lowest BCUT2D eigenvalue weighted by Crippen LogP contribution is -2.40. The second kappa shape index (κ2) is 4.29. The Morgan fingerprint density at radius 1 is 1.59 bits per heavy atom. The first-order valence-corrected chi connectivity index (χ1v) is 6.04. The molecule has 0 unspecified atom stereocenters. The fourth-order valence-corrected chi connectivity index (χ4v) is 2.14. The zero-order valence-electron chi connectivity index (χ0n) is 9.12. The molecule has 3 nitrogen and oxygen atoms in total. The minimum Gasteiger partial charge on any atom is -0.325 e. The van der Waals surface area contributed by atoms with Crippen LogP contribution < -0.4 is 0 Å². The van der Waals surface area contributed by atoms with Crippen LogP contribution in [0.2, 0.25) is 0 Å². The van der Waals surface area contributed by atoms with Gasteiger partial charge in [0.15, 0.2) is 0 Å². The summed E-state index contributed by atoms with van der Waals surface area (Å²) in [5.74, 6) is -0.617. The summed E-state index contributed by atoms with van der Waals surface area (Å²) in [5.41, 5.74) is 0.114. The minimum atomic E-state index is -4.36. The predicted molar refractivity (Wildman–Crippen MR) is 57.0 cm³/mol. The Kier molecular flexibility index (Phi) is 3.11. The number of thiazole rings is 1. The molecule has 0 atom stereocenters. The Bertz CT molecular complexity index is 425. The predicted octanol–water partition coefficient (Wildman–Crippen LogP) is 2.62. The fourth-order valence-electron chi connectivity index (χ4n) is 1.55. The molecule has 1 aliphatic rings. The van der Waals surface area contributed by atoms with Gasteiger partial charge in [0.2, 0.25) is 0 Å². The molecule has 0 spiro atoms. The Hall–Kier alpha value is -1.11. The average Bonchev–Trinajstić information content (AvgIpc) is 2.96. The van der Waals surface area contributed by atoms with Crippen LogP contribution >= 0.6 is 11.3 Å². The van der Waals surface area contributed by atoms with Crippen LogP contribution in [0.25, 0.3) is 0 Å². The van der Waals surface area contributed by atoms with Gasteiger partial charge in [-0.15, -0.1) is 11.3 Å². The zero-order chi connectivity index (χ0) is 12.6. The number of aromatic nitrogens is 1. The maximum atomic E-state index is 12.4. The monoisotopic (exact) mass is 264 g/mol. The minimum absolute atomic E-state index is 0.114. The lowest BCUT2D eigenvalue weighted by molar-refractivity contribution is -0.141. The molecule has 1 saturated carbocycles. The summed E-state index contributed by atoms with van der Waals surface area (Å²) < 4.78 is 37.1. The number of hydrogen-bond donors (Lipinski definition) is 0. The molecule has 1 aromatic rings. The molecule has 1 amide bonds. The summed E-state index contributed by atoms with van der Waals surface area (Å²) in [4.78, 5) is 16.7. The van der Waals surface area contributed by atoms with Crippen LogP contribution in [-0.4, -0.2) is 34.6 Å². The van der Waals surface area contributed by atoms with Crippen LogP contribution in [0.15, 0.2) is 5.38 Å². The quantitative estimate of drug-likeness (QED) is 0.840. The van der Waals surface area contributed by atoms with E-state index in [1.807, 2.05) is 0 Å². The summed E-state index contributed by atoms with van der Waals surface area (Å²) in [6.07, 6.45) is -3.07. The van der Waals surface area contributed by atoms with Crippen LogP contribution in [0, 0.1) is 6.92 Å². The highest BCUT2D eigenvalue weighted by atomic mass is 32.1. The van der Waals surface area contributed by atoms with E-state index in [0.29, 0.717) is 17.8 Å². The molecule has 17 heavy (non-hydrogen) atoms. The second-order valence-corrected chi connectivity index (χ2v) is 5.09. The molecule has 1 fully saturated rings. The smallest absolute Gasteiger partial charge is 0.325 e. The van der Waals surface area contributed by atoms with E-state index >= 15 is 0 Å². The van der Waals surface area contributed by atoms with E-state index in [9.17, 15) is 18.0 Å². The van der Waals surface area contributed by atoms with Gasteiger partial charge in [0, 0.05) is 11.4 Å². The summed E-state index contributed by atoms with van der Waals surface area (Å²) in [6.45, 7) is 0.528. The third-order valence-electron chi connectivity index (χ3n) is 2.44. The molecule has 7 heteroatoms. The molecule has 1 aliphatic carbocycles. The summed E-state index contributed by atoms with van der Waals surface area (Å²) >= 11 is 1.26. The fraction of sp³-hybridized carbons (Fsp3) is 0.600. The molecular weight excluding hydrogens is 253 g/mol. The van der Waals surface area contributed by atoms with Crippen molar-refractivity contribution in [3.8, 4) is 0 Å². The molecular formula is C10H11F3N2OS. The topological polar surface area (TPSA) is 33.2 Å². The molecule has 0 radical (unpaired) electrons. The van der Waals surface area contributed by atoms with Gasteiger partial charge in [-0.25, -0.2) is 4.98 Å². The van der Waals surface area contributed by atoms with Gasteiger partial charge >= 0.3 is 6.18 Å². The van der Waals surface area contributed by atoms with Gasteiger partial charge in [-0.1, -0.05) is 0 Å². The van der Waals surface area contributed by atoms with Gasteiger partial charge < -0.3 is 4.90 Å². The highest BCUT2D eigenvalue weighted by Crippen LogP contribution is 2.31. The van der Waals surface area contributed by atoms with Gasteiger partial charge in [0.25, 0.3) is 5.91 Å². The average molecular weight is 264 g/mol. The van der Waals surface area contributed by atoms with Crippen LogP contribution in [0.3, 0.4) is 0 Å². The Morgan fingerprint density at radius 3 is 2.65 bits per heavy atom. The third-order valence-corrected chi connectivity index (χ3v) is 3.21. The second-order valence-electron chi connectivity index (χ2n) is 4.03. The van der Waals surface area contributed by atoms with Crippen LogP contribution in [0.5, 0.6) is 0 Å². The largest absolute Gasteiger partial charge is 0.406 e. The van der Waals surface area contributed by atoms with Crippen LogP contribution in [0.1, 0.15) is 28.3 Å². The van der Waals surface area contributed by atoms with Gasteiger partial charge in [-0.05, 0) is 19.8 Å². The van der Waals surface area contributed by atoms with Crippen molar-refractivity contribution in [2.45, 2.75) is 32.0 Å². The van der Waals surface area contributed by atoms with Gasteiger partial charge in [-0.2, -0.15) is 13.2 Å². The van der Waals surface area contributed by atoms with Crippen molar-refractivity contribution >= 4 is 17.2 Å². The number of carbonyl (C=O) groups is 1. The van der Waals surface area contributed by atoms with Crippen molar-refractivity contribution in [2.75, 3.05) is 6.54 Å². The Balaban J connectivity index is 2.13. The summed E-state index contributed by atoms with van der Waals surface area (Å²) in [6, 6.07) is -0.272. The number of carbonyl (C=O) groups excluding carboxylic acids is 1. The van der Waals surface area contributed by atoms with E-state index in [-0.39, 0.29) is 11.7 Å².